The van der Waals surface area contributed by atoms with Crippen molar-refractivity contribution in [3.63, 3.8) is 0 Å². The smallest absolute Gasteiger partial charge is 0.305 e. The van der Waals surface area contributed by atoms with Crippen LogP contribution < -0.4 is 5.73 Å². The average Bonchev–Trinajstić information content (AvgIpc) is 2.00. The van der Waals surface area contributed by atoms with Crippen molar-refractivity contribution in [2.75, 3.05) is 5.88 Å². The van der Waals surface area contributed by atoms with Gasteiger partial charge in [-0.2, -0.15) is 0 Å². The van der Waals surface area contributed by atoms with Gasteiger partial charge in [-0.1, -0.05) is 0 Å². The number of alkyl halides is 1. The monoisotopic (exact) mass is 193 g/mol. The summed E-state index contributed by atoms with van der Waals surface area (Å²) in [5.74, 6) is -3.48. The predicted molar refractivity (Wildman–Crippen MR) is 41.0 cm³/mol. The molecule has 0 bridgehead atoms. The molecule has 0 saturated heterocycles. The summed E-state index contributed by atoms with van der Waals surface area (Å²) in [6.07, 6.45) is -0.554. The van der Waals surface area contributed by atoms with Gasteiger partial charge in [-0.3, -0.25) is 14.4 Å². The first-order chi connectivity index (χ1) is 5.49. The number of carbonyl (C=O) groups is 3. The van der Waals surface area contributed by atoms with E-state index < -0.39 is 35.9 Å². The van der Waals surface area contributed by atoms with Crippen molar-refractivity contribution in [2.24, 2.45) is 5.73 Å². The summed E-state index contributed by atoms with van der Waals surface area (Å²) in [4.78, 5) is 31.4. The number of carboxylic acid groups (broad SMARTS) is 1. The number of carbonyl (C=O) groups excluding carboxylic acids is 2. The van der Waals surface area contributed by atoms with Gasteiger partial charge in [0.1, 0.15) is 0 Å². The van der Waals surface area contributed by atoms with E-state index in [0.717, 1.165) is 0 Å². The average molecular weight is 194 g/mol. The summed E-state index contributed by atoms with van der Waals surface area (Å²) in [6, 6.07) is -1.28. The third-order valence-electron chi connectivity index (χ3n) is 1.13. The molecule has 5 nitrogen and oxygen atoms in total. The van der Waals surface area contributed by atoms with Crippen LogP contribution in [0.25, 0.3) is 0 Å². The predicted octanol–water partition coefficient (Wildman–Crippen LogP) is -0.835. The second kappa shape index (κ2) is 4.84. The Bertz CT molecular complexity index is 216. The summed E-state index contributed by atoms with van der Waals surface area (Å²) >= 11 is 5.05. The molecule has 0 spiro atoms. The molecule has 3 N–H and O–H groups in total. The van der Waals surface area contributed by atoms with Crippen molar-refractivity contribution in [2.45, 2.75) is 12.5 Å². The van der Waals surface area contributed by atoms with Crippen LogP contribution in [0.2, 0.25) is 0 Å². The van der Waals surface area contributed by atoms with Crippen LogP contribution in [0.1, 0.15) is 6.42 Å². The van der Waals surface area contributed by atoms with Crippen molar-refractivity contribution in [3.05, 3.63) is 0 Å². The lowest BCUT2D eigenvalue weighted by molar-refractivity contribution is -0.141. The van der Waals surface area contributed by atoms with Gasteiger partial charge in [-0.25, -0.2) is 0 Å². The number of halogens is 1. The molecule has 68 valence electrons. The van der Waals surface area contributed by atoms with Gasteiger partial charge in [0.05, 0.1) is 18.3 Å². The van der Waals surface area contributed by atoms with Crippen molar-refractivity contribution in [3.8, 4) is 0 Å². The molecule has 0 unspecified atom stereocenters. The zero-order valence-corrected chi connectivity index (χ0v) is 6.87. The number of carboxylic acids is 1. The summed E-state index contributed by atoms with van der Waals surface area (Å²) in [5, 5.41) is 8.21. The molecule has 0 aromatic carbocycles. The Hall–Kier alpha value is -0.940. The van der Waals surface area contributed by atoms with Crippen LogP contribution in [0.4, 0.5) is 0 Å². The fraction of sp³-hybridized carbons (Fsp3) is 0.500. The second-order valence-electron chi connectivity index (χ2n) is 2.13. The molecule has 12 heavy (non-hydrogen) atoms. The van der Waals surface area contributed by atoms with Crippen LogP contribution in [-0.4, -0.2) is 34.6 Å². The van der Waals surface area contributed by atoms with E-state index in [9.17, 15) is 14.4 Å². The van der Waals surface area contributed by atoms with Crippen LogP contribution in [0.5, 0.6) is 0 Å². The lowest BCUT2D eigenvalue weighted by atomic mass is 10.1. The van der Waals surface area contributed by atoms with Crippen LogP contribution in [0.15, 0.2) is 0 Å². The highest BCUT2D eigenvalue weighted by Gasteiger charge is 2.22. The summed E-state index contributed by atoms with van der Waals surface area (Å²) in [7, 11) is 0. The number of hydrogen-bond donors (Lipinski definition) is 2. The second-order valence-corrected chi connectivity index (χ2v) is 2.39. The van der Waals surface area contributed by atoms with E-state index in [-0.39, 0.29) is 0 Å². The lowest BCUT2D eigenvalue weighted by Gasteiger charge is -2.03. The first-order valence-corrected chi connectivity index (χ1v) is 3.63. The number of hydrogen-bond acceptors (Lipinski definition) is 4. The number of aliphatic carboxylic acids is 1. The number of Topliss-reactive ketones (excluding diaryl/α,β-unsaturated/α-hetero) is 2. The topological polar surface area (TPSA) is 97.5 Å². The molecule has 0 heterocycles. The molecule has 0 aliphatic heterocycles. The van der Waals surface area contributed by atoms with Crippen molar-refractivity contribution in [1.82, 2.24) is 0 Å². The molecule has 0 aliphatic carbocycles. The van der Waals surface area contributed by atoms with Gasteiger partial charge in [0.15, 0.2) is 0 Å². The van der Waals surface area contributed by atoms with Gasteiger partial charge in [-0.05, 0) is 0 Å². The van der Waals surface area contributed by atoms with E-state index in [1.165, 1.54) is 0 Å². The minimum absolute atomic E-state index is 0.466. The molecule has 0 rings (SSSR count). The van der Waals surface area contributed by atoms with Crippen molar-refractivity contribution >= 4 is 29.1 Å². The molecule has 1 atom stereocenters. The fourth-order valence-corrected chi connectivity index (χ4v) is 0.685. The molecule has 0 aliphatic rings. The van der Waals surface area contributed by atoms with Gasteiger partial charge in [-0.15, -0.1) is 11.6 Å². The summed E-state index contributed by atoms with van der Waals surface area (Å²) in [5.41, 5.74) is 5.08. The third-order valence-corrected chi connectivity index (χ3v) is 1.37. The largest absolute Gasteiger partial charge is 0.481 e. The van der Waals surface area contributed by atoms with E-state index in [0.29, 0.717) is 0 Å². The van der Waals surface area contributed by atoms with Crippen LogP contribution in [-0.2, 0) is 14.4 Å². The highest BCUT2D eigenvalue weighted by Crippen LogP contribution is 1.93. The SMILES string of the molecule is N[C@@H](CC(=O)O)C(=O)C(=O)CCl. The minimum Gasteiger partial charge on any atom is -0.481 e. The normalized spacial score (nSPS) is 12.2. The standard InChI is InChI=1S/C6H8ClNO4/c7-2-4(9)6(12)3(8)1-5(10)11/h3H,1-2,8H2,(H,10,11)/t3-/m0/s1. The van der Waals surface area contributed by atoms with Crippen LogP contribution in [0, 0.1) is 0 Å². The maximum Gasteiger partial charge on any atom is 0.305 e. The summed E-state index contributed by atoms with van der Waals surface area (Å²) < 4.78 is 0. The number of rotatable bonds is 5. The van der Waals surface area contributed by atoms with E-state index in [2.05, 4.69) is 0 Å². The Labute approximate surface area is 73.5 Å². The number of ketones is 2. The van der Waals surface area contributed by atoms with E-state index >= 15 is 0 Å². The Balaban J connectivity index is 4.10. The molecule has 0 amide bonds. The van der Waals surface area contributed by atoms with Gasteiger partial charge < -0.3 is 10.8 Å². The van der Waals surface area contributed by atoms with Gasteiger partial charge >= 0.3 is 5.97 Å². The highest BCUT2D eigenvalue weighted by atomic mass is 35.5. The van der Waals surface area contributed by atoms with Gasteiger partial charge in [0, 0.05) is 0 Å². The first kappa shape index (κ1) is 11.1. The highest BCUT2D eigenvalue weighted by molar-refractivity contribution is 6.48. The Morgan fingerprint density at radius 3 is 2.25 bits per heavy atom. The van der Waals surface area contributed by atoms with E-state index in [1.807, 2.05) is 0 Å². The Morgan fingerprint density at radius 1 is 1.42 bits per heavy atom. The zero-order chi connectivity index (χ0) is 9.72. The minimum atomic E-state index is -1.28. The number of nitrogens with two attached hydrogens (primary N) is 1. The Kier molecular flexibility index (Phi) is 4.46. The van der Waals surface area contributed by atoms with Gasteiger partial charge in [0.25, 0.3) is 0 Å². The maximum absolute atomic E-state index is 10.8. The zero-order valence-electron chi connectivity index (χ0n) is 6.12. The quantitative estimate of drug-likeness (QED) is 0.439. The summed E-state index contributed by atoms with van der Waals surface area (Å²) in [6.45, 7) is 0. The van der Waals surface area contributed by atoms with Crippen molar-refractivity contribution in [1.29, 1.82) is 0 Å². The Morgan fingerprint density at radius 2 is 1.92 bits per heavy atom. The molecule has 0 radical (unpaired) electrons. The van der Waals surface area contributed by atoms with E-state index in [4.69, 9.17) is 22.4 Å². The molecule has 0 saturated carbocycles. The van der Waals surface area contributed by atoms with Crippen LogP contribution >= 0.6 is 11.6 Å². The first-order valence-electron chi connectivity index (χ1n) is 3.09. The van der Waals surface area contributed by atoms with Crippen LogP contribution in [0.3, 0.4) is 0 Å². The third kappa shape index (κ3) is 3.45. The molecular formula is C6H8ClNO4. The molecule has 0 aromatic rings. The molecular weight excluding hydrogens is 186 g/mol. The lowest BCUT2D eigenvalue weighted by Crippen LogP contribution is -2.38. The molecule has 0 fully saturated rings. The van der Waals surface area contributed by atoms with Crippen molar-refractivity contribution < 1.29 is 19.5 Å². The fourth-order valence-electron chi connectivity index (χ4n) is 0.553. The molecule has 6 heteroatoms. The molecule has 0 aromatic heterocycles. The maximum atomic E-state index is 10.8. The van der Waals surface area contributed by atoms with Gasteiger partial charge in [0.2, 0.25) is 11.6 Å². The van der Waals surface area contributed by atoms with E-state index in [1.54, 1.807) is 0 Å².